The molecule has 0 saturated carbocycles. The summed E-state index contributed by atoms with van der Waals surface area (Å²) in [5.41, 5.74) is 1.25. The van der Waals surface area contributed by atoms with Crippen molar-refractivity contribution in [3.05, 3.63) is 29.8 Å². The van der Waals surface area contributed by atoms with E-state index in [1.807, 2.05) is 0 Å². The summed E-state index contributed by atoms with van der Waals surface area (Å²) in [6.45, 7) is 0.866. The number of halogens is 1. The summed E-state index contributed by atoms with van der Waals surface area (Å²) >= 11 is 0. The van der Waals surface area contributed by atoms with Crippen molar-refractivity contribution in [1.82, 2.24) is 5.32 Å². The van der Waals surface area contributed by atoms with Crippen LogP contribution < -0.4 is 15.8 Å². The quantitative estimate of drug-likeness (QED) is 0.764. The summed E-state index contributed by atoms with van der Waals surface area (Å²) < 4.78 is 21.9. The summed E-state index contributed by atoms with van der Waals surface area (Å²) in [5.74, 6) is -0.255. The van der Waals surface area contributed by atoms with E-state index in [-0.39, 0.29) is 30.1 Å². The van der Waals surface area contributed by atoms with E-state index in [1.165, 1.54) is 0 Å². The number of hydrogen-bond acceptors (Lipinski definition) is 4. The molecule has 1 aliphatic rings. The summed E-state index contributed by atoms with van der Waals surface area (Å²) in [6.07, 6.45) is 3.00. The maximum atomic E-state index is 12.0. The highest BCUT2D eigenvalue weighted by Gasteiger charge is 2.20. The highest BCUT2D eigenvalue weighted by Crippen LogP contribution is 2.13. The number of primary sulfonamides is 1. The predicted molar refractivity (Wildman–Crippen MR) is 84.8 cm³/mol. The molecular weight excluding hydrogens is 314 g/mol. The van der Waals surface area contributed by atoms with Crippen LogP contribution >= 0.6 is 12.4 Å². The second-order valence-electron chi connectivity index (χ2n) is 5.00. The Morgan fingerprint density at radius 2 is 1.95 bits per heavy atom. The average Bonchev–Trinajstić information content (AvgIpc) is 2.40. The summed E-state index contributed by atoms with van der Waals surface area (Å²) in [7, 11) is -3.53. The smallest absolute Gasteiger partial charge is 0.241 e. The van der Waals surface area contributed by atoms with Gasteiger partial charge in [-0.15, -0.1) is 12.4 Å². The minimum atomic E-state index is -3.53. The van der Waals surface area contributed by atoms with Crippen LogP contribution in [0, 0.1) is 0 Å². The number of amides is 1. The van der Waals surface area contributed by atoms with Crippen molar-refractivity contribution >= 4 is 34.0 Å². The molecule has 4 N–H and O–H groups in total. The fourth-order valence-electron chi connectivity index (χ4n) is 2.22. The molecule has 0 spiro atoms. The van der Waals surface area contributed by atoms with Gasteiger partial charge in [0.25, 0.3) is 0 Å². The van der Waals surface area contributed by atoms with Crippen molar-refractivity contribution in [1.29, 1.82) is 0 Å². The van der Waals surface area contributed by atoms with Crippen LogP contribution in [0.5, 0.6) is 0 Å². The lowest BCUT2D eigenvalue weighted by molar-refractivity contribution is -0.118. The SMILES string of the molecule is Cl.NS(=O)(=O)Cc1ccc(NC(=O)C2CCCCN2)cc1. The van der Waals surface area contributed by atoms with E-state index in [0.29, 0.717) is 11.3 Å². The van der Waals surface area contributed by atoms with E-state index >= 15 is 0 Å². The molecule has 1 aromatic carbocycles. The predicted octanol–water partition coefficient (Wildman–Crippen LogP) is 0.977. The minimum absolute atomic E-state index is 0. The van der Waals surface area contributed by atoms with E-state index < -0.39 is 10.0 Å². The Labute approximate surface area is 130 Å². The van der Waals surface area contributed by atoms with Gasteiger partial charge in [-0.25, -0.2) is 13.6 Å². The van der Waals surface area contributed by atoms with E-state index in [1.54, 1.807) is 24.3 Å². The van der Waals surface area contributed by atoms with Crippen LogP contribution in [0.15, 0.2) is 24.3 Å². The Morgan fingerprint density at radius 3 is 2.48 bits per heavy atom. The second kappa shape index (κ2) is 7.74. The standard InChI is InChI=1S/C13H19N3O3S.ClH/c14-20(18,19)9-10-4-6-11(7-5-10)16-13(17)12-3-1-2-8-15-12;/h4-7,12,15H,1-3,8-9H2,(H,16,17)(H2,14,18,19);1H. The number of rotatable bonds is 4. The topological polar surface area (TPSA) is 101 Å². The second-order valence-corrected chi connectivity index (χ2v) is 6.61. The third-order valence-electron chi connectivity index (χ3n) is 3.22. The zero-order valence-electron chi connectivity index (χ0n) is 11.5. The molecule has 2 rings (SSSR count). The fraction of sp³-hybridized carbons (Fsp3) is 0.462. The largest absolute Gasteiger partial charge is 0.325 e. The summed E-state index contributed by atoms with van der Waals surface area (Å²) in [4.78, 5) is 12.0. The molecule has 6 nitrogen and oxygen atoms in total. The number of anilines is 1. The van der Waals surface area contributed by atoms with Gasteiger partial charge in [0.2, 0.25) is 15.9 Å². The maximum absolute atomic E-state index is 12.0. The van der Waals surface area contributed by atoms with Gasteiger partial charge in [0.05, 0.1) is 11.8 Å². The Bertz CT molecular complexity index is 569. The lowest BCUT2D eigenvalue weighted by Crippen LogP contribution is -2.43. The van der Waals surface area contributed by atoms with Gasteiger partial charge in [-0.2, -0.15) is 0 Å². The van der Waals surface area contributed by atoms with Gasteiger partial charge in [-0.1, -0.05) is 18.6 Å². The zero-order valence-corrected chi connectivity index (χ0v) is 13.2. The van der Waals surface area contributed by atoms with Crippen LogP contribution in [0.25, 0.3) is 0 Å². The number of sulfonamides is 1. The van der Waals surface area contributed by atoms with E-state index in [2.05, 4.69) is 10.6 Å². The molecule has 1 saturated heterocycles. The van der Waals surface area contributed by atoms with E-state index in [0.717, 1.165) is 25.8 Å². The number of nitrogens with two attached hydrogens (primary N) is 1. The first-order valence-corrected chi connectivity index (χ1v) is 8.29. The monoisotopic (exact) mass is 333 g/mol. The van der Waals surface area contributed by atoms with Gasteiger partial charge in [0.15, 0.2) is 0 Å². The molecule has 1 amide bonds. The molecule has 118 valence electrons. The zero-order chi connectivity index (χ0) is 14.6. The van der Waals surface area contributed by atoms with Crippen molar-refractivity contribution in [2.24, 2.45) is 5.14 Å². The lowest BCUT2D eigenvalue weighted by Gasteiger charge is -2.22. The third-order valence-corrected chi connectivity index (χ3v) is 3.95. The van der Waals surface area contributed by atoms with Crippen LogP contribution in [0.1, 0.15) is 24.8 Å². The van der Waals surface area contributed by atoms with Gasteiger partial charge in [0.1, 0.15) is 0 Å². The molecule has 1 fully saturated rings. The van der Waals surface area contributed by atoms with E-state index in [4.69, 9.17) is 5.14 Å². The van der Waals surface area contributed by atoms with Crippen molar-refractivity contribution in [3.63, 3.8) is 0 Å². The molecule has 1 aliphatic heterocycles. The third kappa shape index (κ3) is 6.01. The van der Waals surface area contributed by atoms with Crippen LogP contribution in [-0.2, 0) is 20.6 Å². The first-order valence-electron chi connectivity index (χ1n) is 6.58. The fourth-order valence-corrected chi connectivity index (χ4v) is 2.88. The van der Waals surface area contributed by atoms with Crippen LogP contribution in [-0.4, -0.2) is 26.9 Å². The van der Waals surface area contributed by atoms with Gasteiger partial charge >= 0.3 is 0 Å². The lowest BCUT2D eigenvalue weighted by atomic mass is 10.0. The van der Waals surface area contributed by atoms with Crippen molar-refractivity contribution in [3.8, 4) is 0 Å². The van der Waals surface area contributed by atoms with Gasteiger partial charge in [-0.05, 0) is 37.1 Å². The molecule has 0 aliphatic carbocycles. The van der Waals surface area contributed by atoms with Crippen molar-refractivity contribution < 1.29 is 13.2 Å². The highest BCUT2D eigenvalue weighted by molar-refractivity contribution is 7.88. The first-order chi connectivity index (χ1) is 9.44. The molecular formula is C13H20ClN3O3S. The molecule has 1 unspecified atom stereocenters. The Hall–Kier alpha value is -1.15. The normalized spacial score (nSPS) is 18.6. The summed E-state index contributed by atoms with van der Waals surface area (Å²) in [6, 6.07) is 6.51. The molecule has 0 bridgehead atoms. The number of piperidine rings is 1. The molecule has 0 aromatic heterocycles. The average molecular weight is 334 g/mol. The number of benzene rings is 1. The van der Waals surface area contributed by atoms with Crippen LogP contribution in [0.4, 0.5) is 5.69 Å². The van der Waals surface area contributed by atoms with Gasteiger partial charge < -0.3 is 10.6 Å². The first kappa shape index (κ1) is 17.9. The number of nitrogens with one attached hydrogen (secondary N) is 2. The van der Waals surface area contributed by atoms with Crippen LogP contribution in [0.2, 0.25) is 0 Å². The molecule has 21 heavy (non-hydrogen) atoms. The molecule has 1 atom stereocenters. The van der Waals surface area contributed by atoms with Gasteiger partial charge in [0, 0.05) is 5.69 Å². The van der Waals surface area contributed by atoms with Gasteiger partial charge in [-0.3, -0.25) is 4.79 Å². The Morgan fingerprint density at radius 1 is 1.29 bits per heavy atom. The summed E-state index contributed by atoms with van der Waals surface area (Å²) in [5, 5.41) is 11.0. The number of carbonyl (C=O) groups excluding carboxylic acids is 1. The number of hydrogen-bond donors (Lipinski definition) is 3. The number of carbonyl (C=O) groups is 1. The van der Waals surface area contributed by atoms with Crippen LogP contribution in [0.3, 0.4) is 0 Å². The minimum Gasteiger partial charge on any atom is -0.325 e. The van der Waals surface area contributed by atoms with Crippen molar-refractivity contribution in [2.75, 3.05) is 11.9 Å². The molecule has 1 aromatic rings. The Balaban J connectivity index is 0.00000220. The molecule has 8 heteroatoms. The Kier molecular flexibility index (Phi) is 6.60. The maximum Gasteiger partial charge on any atom is 0.241 e. The van der Waals surface area contributed by atoms with Crippen molar-refractivity contribution in [2.45, 2.75) is 31.1 Å². The molecule has 0 radical (unpaired) electrons. The highest BCUT2D eigenvalue weighted by atomic mass is 35.5. The molecule has 1 heterocycles. The van der Waals surface area contributed by atoms with E-state index in [9.17, 15) is 13.2 Å².